The molecule has 0 aromatic heterocycles. The first kappa shape index (κ1) is 13.3. The van der Waals surface area contributed by atoms with E-state index in [4.69, 9.17) is 4.74 Å². The summed E-state index contributed by atoms with van der Waals surface area (Å²) in [4.78, 5) is 13.0. The van der Waals surface area contributed by atoms with E-state index in [1.54, 1.807) is 20.8 Å². The van der Waals surface area contributed by atoms with E-state index in [1.165, 1.54) is 11.2 Å². The lowest BCUT2D eigenvalue weighted by molar-refractivity contribution is 0.00192. The molecule has 0 radical (unpaired) electrons. The Morgan fingerprint density at radius 2 is 1.88 bits per heavy atom. The zero-order valence-electron chi connectivity index (χ0n) is 10.2. The quantitative estimate of drug-likeness (QED) is 0.729. The Kier molecular flexibility index (Phi) is 3.52. The second-order valence-electron chi connectivity index (χ2n) is 5.34. The lowest BCUT2D eigenvalue weighted by Crippen LogP contribution is -2.53. The maximum absolute atomic E-state index is 11.5. The highest BCUT2D eigenvalue weighted by Gasteiger charge is 2.35. The number of likely N-dealkylation sites (tertiary alicyclic amines) is 1. The van der Waals surface area contributed by atoms with Gasteiger partial charge in [-0.25, -0.2) is 13.2 Å². The Bertz CT molecular complexity index is 363. The van der Waals surface area contributed by atoms with Crippen LogP contribution in [-0.4, -0.2) is 50.1 Å². The monoisotopic (exact) mass is 249 g/mol. The van der Waals surface area contributed by atoms with Crippen LogP contribution in [0.1, 0.15) is 20.8 Å². The van der Waals surface area contributed by atoms with Crippen LogP contribution in [0.25, 0.3) is 0 Å². The fraction of sp³-hybridized carbons (Fsp3) is 0.900. The van der Waals surface area contributed by atoms with Crippen molar-refractivity contribution in [3.05, 3.63) is 0 Å². The molecule has 1 amide bonds. The van der Waals surface area contributed by atoms with Gasteiger partial charge in [-0.1, -0.05) is 0 Å². The number of nitrogens with zero attached hydrogens (tertiary/aromatic N) is 1. The minimum absolute atomic E-state index is 0.0579. The summed E-state index contributed by atoms with van der Waals surface area (Å²) in [6.07, 6.45) is 0.848. The van der Waals surface area contributed by atoms with Crippen LogP contribution in [0.3, 0.4) is 0 Å². The van der Waals surface area contributed by atoms with E-state index in [0.717, 1.165) is 0 Å². The maximum Gasteiger partial charge on any atom is 0.410 e. The van der Waals surface area contributed by atoms with Crippen molar-refractivity contribution in [2.75, 3.05) is 25.1 Å². The van der Waals surface area contributed by atoms with E-state index in [9.17, 15) is 13.2 Å². The molecule has 0 bridgehead atoms. The van der Waals surface area contributed by atoms with Gasteiger partial charge in [0, 0.05) is 25.3 Å². The molecule has 0 aromatic carbocycles. The molecule has 0 atom stereocenters. The zero-order chi connectivity index (χ0) is 12.6. The highest BCUT2D eigenvalue weighted by molar-refractivity contribution is 7.90. The second-order valence-corrected chi connectivity index (χ2v) is 7.53. The molecule has 1 aliphatic rings. The summed E-state index contributed by atoms with van der Waals surface area (Å²) in [6.45, 7) is 6.36. The van der Waals surface area contributed by atoms with Gasteiger partial charge in [0.25, 0.3) is 0 Å². The van der Waals surface area contributed by atoms with Crippen molar-refractivity contribution in [1.82, 2.24) is 4.90 Å². The average Bonchev–Trinajstić information content (AvgIpc) is 1.89. The molecule has 1 rings (SSSR count). The van der Waals surface area contributed by atoms with Gasteiger partial charge in [0.2, 0.25) is 0 Å². The van der Waals surface area contributed by atoms with Crippen molar-refractivity contribution in [3.8, 4) is 0 Å². The summed E-state index contributed by atoms with van der Waals surface area (Å²) in [7, 11) is -2.95. The molecule has 6 heteroatoms. The third-order valence-electron chi connectivity index (χ3n) is 2.15. The van der Waals surface area contributed by atoms with Gasteiger partial charge in [-0.3, -0.25) is 0 Å². The van der Waals surface area contributed by atoms with Crippen molar-refractivity contribution in [2.24, 2.45) is 5.92 Å². The van der Waals surface area contributed by atoms with Gasteiger partial charge < -0.3 is 9.64 Å². The molecular weight excluding hydrogens is 230 g/mol. The van der Waals surface area contributed by atoms with Crippen LogP contribution in [0, 0.1) is 5.92 Å². The predicted molar refractivity (Wildman–Crippen MR) is 61.0 cm³/mol. The lowest BCUT2D eigenvalue weighted by Gasteiger charge is -2.39. The van der Waals surface area contributed by atoms with Crippen LogP contribution in [0.15, 0.2) is 0 Å². The Labute approximate surface area is 96.7 Å². The molecule has 1 fully saturated rings. The first-order valence-corrected chi connectivity index (χ1v) is 7.28. The molecule has 0 aliphatic carbocycles. The molecule has 0 unspecified atom stereocenters. The van der Waals surface area contributed by atoms with Crippen molar-refractivity contribution in [1.29, 1.82) is 0 Å². The Morgan fingerprint density at radius 3 is 2.25 bits per heavy atom. The molecule has 0 spiro atoms. The summed E-state index contributed by atoms with van der Waals surface area (Å²) in [5.41, 5.74) is -0.501. The third kappa shape index (κ3) is 4.38. The fourth-order valence-electron chi connectivity index (χ4n) is 1.58. The second kappa shape index (κ2) is 4.24. The van der Waals surface area contributed by atoms with Crippen LogP contribution in [0.2, 0.25) is 0 Å². The molecule has 0 aromatic rings. The number of sulfone groups is 1. The average molecular weight is 249 g/mol. The highest BCUT2D eigenvalue weighted by Crippen LogP contribution is 2.20. The van der Waals surface area contributed by atoms with Gasteiger partial charge >= 0.3 is 6.09 Å². The maximum atomic E-state index is 11.5. The van der Waals surface area contributed by atoms with Crippen LogP contribution < -0.4 is 0 Å². The molecule has 1 aliphatic heterocycles. The first-order chi connectivity index (χ1) is 7.07. The van der Waals surface area contributed by atoms with E-state index in [-0.39, 0.29) is 17.8 Å². The number of carbonyl (C=O) groups is 1. The van der Waals surface area contributed by atoms with Crippen LogP contribution in [0.4, 0.5) is 4.79 Å². The molecule has 0 N–H and O–H groups in total. The van der Waals surface area contributed by atoms with Crippen LogP contribution in [-0.2, 0) is 14.6 Å². The van der Waals surface area contributed by atoms with Crippen LogP contribution in [0.5, 0.6) is 0 Å². The predicted octanol–water partition coefficient (Wildman–Crippen LogP) is 0.898. The third-order valence-corrected chi connectivity index (χ3v) is 3.22. The molecule has 5 nitrogen and oxygen atoms in total. The number of hydrogen-bond donors (Lipinski definition) is 0. The van der Waals surface area contributed by atoms with Gasteiger partial charge in [-0.2, -0.15) is 0 Å². The fourth-order valence-corrected chi connectivity index (χ4v) is 2.65. The summed E-state index contributed by atoms with van der Waals surface area (Å²) in [5.74, 6) is 0.203. The van der Waals surface area contributed by atoms with Gasteiger partial charge in [0.15, 0.2) is 0 Å². The number of carbonyl (C=O) groups excluding carboxylic acids is 1. The largest absolute Gasteiger partial charge is 0.444 e. The van der Waals surface area contributed by atoms with E-state index >= 15 is 0 Å². The molecule has 94 valence electrons. The standard InChI is InChI=1S/C10H19NO4S/c1-10(2,3)15-9(12)11-5-8(6-11)7-16(4,13)14/h8H,5-7H2,1-4H3. The summed E-state index contributed by atoms with van der Waals surface area (Å²) in [5, 5.41) is 0. The Balaban J connectivity index is 2.34. The van der Waals surface area contributed by atoms with Gasteiger partial charge in [0.1, 0.15) is 15.4 Å². The number of rotatable bonds is 2. The van der Waals surface area contributed by atoms with Crippen molar-refractivity contribution >= 4 is 15.9 Å². The lowest BCUT2D eigenvalue weighted by atomic mass is 10.0. The van der Waals surface area contributed by atoms with E-state index in [1.807, 2.05) is 0 Å². The number of ether oxygens (including phenoxy) is 1. The topological polar surface area (TPSA) is 63.7 Å². The van der Waals surface area contributed by atoms with Gasteiger partial charge in [-0.15, -0.1) is 0 Å². The zero-order valence-corrected chi connectivity index (χ0v) is 11.0. The van der Waals surface area contributed by atoms with Gasteiger partial charge in [0.05, 0.1) is 5.75 Å². The van der Waals surface area contributed by atoms with Crippen molar-refractivity contribution in [2.45, 2.75) is 26.4 Å². The Morgan fingerprint density at radius 1 is 1.38 bits per heavy atom. The molecule has 16 heavy (non-hydrogen) atoms. The van der Waals surface area contributed by atoms with E-state index < -0.39 is 15.4 Å². The van der Waals surface area contributed by atoms with Gasteiger partial charge in [-0.05, 0) is 20.8 Å². The minimum Gasteiger partial charge on any atom is -0.444 e. The number of hydrogen-bond acceptors (Lipinski definition) is 4. The van der Waals surface area contributed by atoms with Crippen molar-refractivity contribution in [3.63, 3.8) is 0 Å². The molecule has 1 saturated heterocycles. The summed E-state index contributed by atoms with van der Waals surface area (Å²) in [6, 6.07) is 0. The number of amides is 1. The first-order valence-electron chi connectivity index (χ1n) is 5.22. The smallest absolute Gasteiger partial charge is 0.410 e. The normalized spacial score (nSPS) is 18.1. The molecular formula is C10H19NO4S. The SMILES string of the molecule is CC(C)(C)OC(=O)N1CC(CS(C)(=O)=O)C1. The molecule has 0 saturated carbocycles. The Hall–Kier alpha value is -0.780. The summed E-state index contributed by atoms with van der Waals surface area (Å²) >= 11 is 0. The van der Waals surface area contributed by atoms with E-state index in [2.05, 4.69) is 0 Å². The van der Waals surface area contributed by atoms with Crippen molar-refractivity contribution < 1.29 is 17.9 Å². The minimum atomic E-state index is -2.95. The van der Waals surface area contributed by atoms with E-state index in [0.29, 0.717) is 13.1 Å². The summed E-state index contributed by atoms with van der Waals surface area (Å²) < 4.78 is 27.2. The van der Waals surface area contributed by atoms with Crippen LogP contribution >= 0.6 is 0 Å². The molecule has 1 heterocycles. The highest BCUT2D eigenvalue weighted by atomic mass is 32.2.